The average molecular weight is 328 g/mol. The first-order chi connectivity index (χ1) is 11.6. The van der Waals surface area contributed by atoms with Crippen LogP contribution in [0.3, 0.4) is 0 Å². The van der Waals surface area contributed by atoms with Crippen LogP contribution in [0, 0.1) is 6.92 Å². The summed E-state index contributed by atoms with van der Waals surface area (Å²) in [5, 5.41) is 10.9. The molecule has 2 aromatic rings. The molecule has 1 aromatic carbocycles. The number of hydrogen-bond donors (Lipinski definition) is 1. The molecule has 2 heterocycles. The van der Waals surface area contributed by atoms with Crippen LogP contribution in [0.1, 0.15) is 11.1 Å². The van der Waals surface area contributed by atoms with Crippen molar-refractivity contribution in [1.82, 2.24) is 9.88 Å². The van der Waals surface area contributed by atoms with Gasteiger partial charge < -0.3 is 14.6 Å². The van der Waals surface area contributed by atoms with Gasteiger partial charge >= 0.3 is 0 Å². The largest absolute Gasteiger partial charge is 0.490 e. The van der Waals surface area contributed by atoms with Gasteiger partial charge in [-0.2, -0.15) is 0 Å². The lowest BCUT2D eigenvalue weighted by Crippen LogP contribution is -2.48. The fourth-order valence-electron chi connectivity index (χ4n) is 2.89. The van der Waals surface area contributed by atoms with Gasteiger partial charge in [-0.15, -0.1) is 0 Å². The minimum absolute atomic E-state index is 0.212. The number of aryl methyl sites for hydroxylation is 1. The maximum absolute atomic E-state index is 10.9. The standard InChI is InChI=1S/C19H24N2O3/c1-16-3-2-4-18(11-16)24-15-19(22)13-21(9-10-23-14-19)12-17-5-7-20-8-6-17/h2-8,11,22H,9-10,12-15H2,1H3. The van der Waals surface area contributed by atoms with Gasteiger partial charge in [0.25, 0.3) is 0 Å². The van der Waals surface area contributed by atoms with E-state index in [1.165, 1.54) is 5.56 Å². The molecule has 0 bridgehead atoms. The fraction of sp³-hybridized carbons (Fsp3) is 0.421. The Morgan fingerprint density at radius 2 is 2.12 bits per heavy atom. The van der Waals surface area contributed by atoms with Crippen molar-refractivity contribution in [3.05, 3.63) is 59.9 Å². The molecule has 24 heavy (non-hydrogen) atoms. The van der Waals surface area contributed by atoms with Crippen molar-refractivity contribution in [2.24, 2.45) is 0 Å². The van der Waals surface area contributed by atoms with Crippen LogP contribution in [0.25, 0.3) is 0 Å². The Bertz CT molecular complexity index is 650. The van der Waals surface area contributed by atoms with E-state index in [-0.39, 0.29) is 13.2 Å². The van der Waals surface area contributed by atoms with Crippen LogP contribution in [0.5, 0.6) is 5.75 Å². The van der Waals surface area contributed by atoms with Crippen LogP contribution >= 0.6 is 0 Å². The van der Waals surface area contributed by atoms with E-state index in [0.717, 1.165) is 24.4 Å². The Morgan fingerprint density at radius 3 is 2.92 bits per heavy atom. The molecule has 0 spiro atoms. The number of nitrogens with zero attached hydrogens (tertiary/aromatic N) is 2. The molecule has 3 rings (SSSR count). The zero-order valence-corrected chi connectivity index (χ0v) is 14.0. The molecule has 0 amide bonds. The molecular formula is C19H24N2O3. The molecule has 5 heteroatoms. The first-order valence-electron chi connectivity index (χ1n) is 8.24. The number of ether oxygens (including phenoxy) is 2. The number of hydrogen-bond acceptors (Lipinski definition) is 5. The van der Waals surface area contributed by atoms with Crippen molar-refractivity contribution in [2.75, 3.05) is 32.9 Å². The molecule has 1 saturated heterocycles. The predicted octanol–water partition coefficient (Wildman–Crippen LogP) is 2.03. The van der Waals surface area contributed by atoms with E-state index in [9.17, 15) is 5.11 Å². The first kappa shape index (κ1) is 16.9. The number of aliphatic hydroxyl groups is 1. The third-order valence-corrected chi connectivity index (χ3v) is 4.09. The van der Waals surface area contributed by atoms with Crippen LogP contribution in [-0.4, -0.2) is 53.5 Å². The van der Waals surface area contributed by atoms with E-state index in [1.807, 2.05) is 43.3 Å². The highest BCUT2D eigenvalue weighted by Gasteiger charge is 2.33. The van der Waals surface area contributed by atoms with Gasteiger partial charge in [0.05, 0.1) is 13.2 Å². The van der Waals surface area contributed by atoms with Crippen LogP contribution in [0.2, 0.25) is 0 Å². The summed E-state index contributed by atoms with van der Waals surface area (Å²) in [6.07, 6.45) is 3.58. The Labute approximate surface area is 142 Å². The molecule has 1 unspecified atom stereocenters. The monoisotopic (exact) mass is 328 g/mol. The summed E-state index contributed by atoms with van der Waals surface area (Å²) in [5.74, 6) is 0.772. The topological polar surface area (TPSA) is 54.8 Å². The summed E-state index contributed by atoms with van der Waals surface area (Å²) in [4.78, 5) is 6.24. The summed E-state index contributed by atoms with van der Waals surface area (Å²) in [5.41, 5.74) is 1.29. The van der Waals surface area contributed by atoms with Gasteiger partial charge in [-0.05, 0) is 42.3 Å². The molecule has 0 aliphatic carbocycles. The first-order valence-corrected chi connectivity index (χ1v) is 8.24. The Morgan fingerprint density at radius 1 is 1.29 bits per heavy atom. The third kappa shape index (κ3) is 4.77. The summed E-state index contributed by atoms with van der Waals surface area (Å²) in [7, 11) is 0. The molecule has 1 aliphatic heterocycles. The van der Waals surface area contributed by atoms with Gasteiger partial charge in [0.15, 0.2) is 0 Å². The zero-order chi connectivity index (χ0) is 16.8. The van der Waals surface area contributed by atoms with Crippen molar-refractivity contribution in [1.29, 1.82) is 0 Å². The second kappa shape index (κ2) is 7.75. The molecule has 5 nitrogen and oxygen atoms in total. The maximum Gasteiger partial charge on any atom is 0.134 e. The van der Waals surface area contributed by atoms with E-state index in [0.29, 0.717) is 13.2 Å². The smallest absolute Gasteiger partial charge is 0.134 e. The van der Waals surface area contributed by atoms with Gasteiger partial charge in [-0.3, -0.25) is 9.88 Å². The van der Waals surface area contributed by atoms with Crippen molar-refractivity contribution in [3.8, 4) is 5.75 Å². The quantitative estimate of drug-likeness (QED) is 0.910. The Kier molecular flexibility index (Phi) is 5.45. The number of rotatable bonds is 5. The van der Waals surface area contributed by atoms with E-state index < -0.39 is 5.60 Å². The van der Waals surface area contributed by atoms with E-state index in [1.54, 1.807) is 12.4 Å². The number of benzene rings is 1. The van der Waals surface area contributed by atoms with E-state index in [4.69, 9.17) is 9.47 Å². The number of β-amino-alcohol motifs (C(OH)–C–C–N with tert-alkyl or cyclic N) is 1. The highest BCUT2D eigenvalue weighted by molar-refractivity contribution is 5.27. The molecule has 1 atom stereocenters. The minimum atomic E-state index is -1.02. The lowest BCUT2D eigenvalue weighted by Gasteiger charge is -2.30. The number of pyridine rings is 1. The molecule has 1 aliphatic rings. The third-order valence-electron chi connectivity index (χ3n) is 4.09. The highest BCUT2D eigenvalue weighted by Crippen LogP contribution is 2.19. The molecule has 1 fully saturated rings. The van der Waals surface area contributed by atoms with E-state index in [2.05, 4.69) is 9.88 Å². The Hall–Kier alpha value is -1.95. The average Bonchev–Trinajstić information content (AvgIpc) is 2.76. The maximum atomic E-state index is 10.9. The summed E-state index contributed by atoms with van der Waals surface area (Å²) in [6, 6.07) is 11.8. The van der Waals surface area contributed by atoms with Gasteiger partial charge in [0.2, 0.25) is 0 Å². The highest BCUT2D eigenvalue weighted by atomic mass is 16.5. The fourth-order valence-corrected chi connectivity index (χ4v) is 2.89. The second-order valence-corrected chi connectivity index (χ2v) is 6.45. The predicted molar refractivity (Wildman–Crippen MR) is 92.0 cm³/mol. The summed E-state index contributed by atoms with van der Waals surface area (Å²) < 4.78 is 11.4. The van der Waals surface area contributed by atoms with Crippen LogP contribution in [0.4, 0.5) is 0 Å². The van der Waals surface area contributed by atoms with Crippen molar-refractivity contribution in [2.45, 2.75) is 19.1 Å². The molecular weight excluding hydrogens is 304 g/mol. The summed E-state index contributed by atoms with van der Waals surface area (Å²) in [6.45, 7) is 5.19. The van der Waals surface area contributed by atoms with Crippen LogP contribution in [0.15, 0.2) is 48.8 Å². The number of aromatic nitrogens is 1. The molecule has 0 saturated carbocycles. The van der Waals surface area contributed by atoms with Gasteiger partial charge in [-0.1, -0.05) is 12.1 Å². The zero-order valence-electron chi connectivity index (χ0n) is 14.0. The normalized spacial score (nSPS) is 22.1. The SMILES string of the molecule is Cc1cccc(OCC2(O)COCCN(Cc3ccncc3)C2)c1. The molecule has 128 valence electrons. The lowest BCUT2D eigenvalue weighted by atomic mass is 10.1. The van der Waals surface area contributed by atoms with Crippen molar-refractivity contribution >= 4 is 0 Å². The van der Waals surface area contributed by atoms with E-state index >= 15 is 0 Å². The van der Waals surface area contributed by atoms with Crippen LogP contribution < -0.4 is 4.74 Å². The van der Waals surface area contributed by atoms with Gasteiger partial charge in [0.1, 0.15) is 18.0 Å². The van der Waals surface area contributed by atoms with Crippen molar-refractivity contribution in [3.63, 3.8) is 0 Å². The minimum Gasteiger partial charge on any atom is -0.490 e. The van der Waals surface area contributed by atoms with Crippen LogP contribution in [-0.2, 0) is 11.3 Å². The Balaban J connectivity index is 1.62. The van der Waals surface area contributed by atoms with Gasteiger partial charge in [0, 0.05) is 32.0 Å². The molecule has 0 radical (unpaired) electrons. The lowest BCUT2D eigenvalue weighted by molar-refractivity contribution is -0.0646. The second-order valence-electron chi connectivity index (χ2n) is 6.45. The van der Waals surface area contributed by atoms with Crippen molar-refractivity contribution < 1.29 is 14.6 Å². The van der Waals surface area contributed by atoms with Gasteiger partial charge in [-0.25, -0.2) is 0 Å². The molecule has 1 aromatic heterocycles. The summed E-state index contributed by atoms with van der Waals surface area (Å²) >= 11 is 0. The molecule has 1 N–H and O–H groups in total.